The normalized spacial score (nSPS) is 17.8. The van der Waals surface area contributed by atoms with Gasteiger partial charge in [-0.25, -0.2) is 4.79 Å². The lowest BCUT2D eigenvalue weighted by Gasteiger charge is -2.28. The van der Waals surface area contributed by atoms with Gasteiger partial charge in [0.1, 0.15) is 17.4 Å². The van der Waals surface area contributed by atoms with Gasteiger partial charge in [0.2, 0.25) is 5.91 Å². The smallest absolute Gasteiger partial charge is 0.408 e. The number of rotatable bonds is 4. The van der Waals surface area contributed by atoms with E-state index in [9.17, 15) is 14.4 Å². The Labute approximate surface area is 139 Å². The average Bonchev–Trinajstić information content (AvgIpc) is 2.45. The van der Waals surface area contributed by atoms with Crippen LogP contribution in [0.5, 0.6) is 5.75 Å². The van der Waals surface area contributed by atoms with E-state index in [0.29, 0.717) is 11.4 Å². The number of amides is 3. The van der Waals surface area contributed by atoms with E-state index in [-0.39, 0.29) is 6.42 Å². The number of nitrogens with one attached hydrogen (secondary N) is 2. The molecule has 0 saturated carbocycles. The highest BCUT2D eigenvalue weighted by Gasteiger charge is 2.33. The van der Waals surface area contributed by atoms with Crippen molar-refractivity contribution in [1.29, 1.82) is 0 Å². The van der Waals surface area contributed by atoms with Gasteiger partial charge in [-0.05, 0) is 32.9 Å². The van der Waals surface area contributed by atoms with Gasteiger partial charge in [0.15, 0.2) is 6.10 Å². The second kappa shape index (κ2) is 6.77. The number of fused-ring (bicyclic) bond motifs is 1. The minimum absolute atomic E-state index is 0.102. The molecule has 2 atom stereocenters. The second-order valence-corrected chi connectivity index (χ2v) is 6.43. The molecule has 24 heavy (non-hydrogen) atoms. The molecule has 0 unspecified atom stereocenters. The average molecular weight is 335 g/mol. The molecule has 0 bridgehead atoms. The van der Waals surface area contributed by atoms with Crippen molar-refractivity contribution in [3.8, 4) is 5.75 Å². The number of benzene rings is 1. The molecule has 0 fully saturated rings. The molecular formula is C16H21N3O5. The highest BCUT2D eigenvalue weighted by molar-refractivity contribution is 5.98. The molecule has 1 heterocycles. The summed E-state index contributed by atoms with van der Waals surface area (Å²) in [6.45, 7) is 5.08. The first-order valence-electron chi connectivity index (χ1n) is 7.51. The quantitative estimate of drug-likeness (QED) is 0.762. The molecule has 0 aromatic heterocycles. The molecule has 0 radical (unpaired) electrons. The van der Waals surface area contributed by atoms with Crippen molar-refractivity contribution in [3.63, 3.8) is 0 Å². The monoisotopic (exact) mass is 335 g/mol. The van der Waals surface area contributed by atoms with E-state index in [0.717, 1.165) is 0 Å². The number of carbonyl (C=O) groups is 3. The summed E-state index contributed by atoms with van der Waals surface area (Å²) in [5.41, 5.74) is 5.14. The number of ether oxygens (including phenoxy) is 2. The Balaban J connectivity index is 2.04. The second-order valence-electron chi connectivity index (χ2n) is 6.43. The molecule has 1 aromatic carbocycles. The van der Waals surface area contributed by atoms with Crippen molar-refractivity contribution in [1.82, 2.24) is 5.32 Å². The van der Waals surface area contributed by atoms with E-state index in [1.807, 2.05) is 0 Å². The molecule has 8 nitrogen and oxygen atoms in total. The van der Waals surface area contributed by atoms with Crippen LogP contribution in [0, 0.1) is 0 Å². The third-order valence-electron chi connectivity index (χ3n) is 3.19. The highest BCUT2D eigenvalue weighted by atomic mass is 16.6. The topological polar surface area (TPSA) is 120 Å². The molecule has 1 aromatic rings. The van der Waals surface area contributed by atoms with Crippen LogP contribution < -0.4 is 21.1 Å². The van der Waals surface area contributed by atoms with Crippen LogP contribution in [0.3, 0.4) is 0 Å². The first-order valence-corrected chi connectivity index (χ1v) is 7.51. The minimum atomic E-state index is -1.10. The fraction of sp³-hybridized carbons (Fsp3) is 0.438. The molecule has 1 aliphatic heterocycles. The Bertz CT molecular complexity index is 653. The predicted octanol–water partition coefficient (Wildman–Crippen LogP) is 1.15. The third kappa shape index (κ3) is 4.61. The zero-order chi connectivity index (χ0) is 17.9. The number of hydrogen-bond donors (Lipinski definition) is 3. The van der Waals surface area contributed by atoms with Crippen molar-refractivity contribution in [2.45, 2.75) is 44.9 Å². The summed E-state index contributed by atoms with van der Waals surface area (Å²) >= 11 is 0. The Morgan fingerprint density at radius 3 is 2.67 bits per heavy atom. The lowest BCUT2D eigenvalue weighted by Crippen LogP contribution is -2.50. The van der Waals surface area contributed by atoms with E-state index >= 15 is 0 Å². The van der Waals surface area contributed by atoms with Crippen molar-refractivity contribution >= 4 is 23.6 Å². The van der Waals surface area contributed by atoms with Gasteiger partial charge in [0.05, 0.1) is 5.69 Å². The first kappa shape index (κ1) is 17.6. The minimum Gasteiger partial charge on any atom is -0.478 e. The van der Waals surface area contributed by atoms with Crippen molar-refractivity contribution in [2.75, 3.05) is 5.32 Å². The molecule has 0 aliphatic carbocycles. The Hall–Kier alpha value is -2.77. The third-order valence-corrected chi connectivity index (χ3v) is 3.19. The number of para-hydroxylation sites is 2. The van der Waals surface area contributed by atoms with Crippen LogP contribution in [0.2, 0.25) is 0 Å². The van der Waals surface area contributed by atoms with Gasteiger partial charge in [0.25, 0.3) is 5.91 Å². The summed E-state index contributed by atoms with van der Waals surface area (Å²) < 4.78 is 10.7. The molecule has 3 amide bonds. The largest absolute Gasteiger partial charge is 0.478 e. The van der Waals surface area contributed by atoms with Crippen LogP contribution in [0.1, 0.15) is 27.2 Å². The summed E-state index contributed by atoms with van der Waals surface area (Å²) in [5.74, 6) is -0.704. The SMILES string of the molecule is CC(C)(C)OC(=O)N[C@@H](C[C@@H]1Oc2ccccc2NC1=O)C(N)=O. The number of hydrogen-bond acceptors (Lipinski definition) is 5. The first-order chi connectivity index (χ1) is 11.2. The van der Waals surface area contributed by atoms with Crippen molar-refractivity contribution < 1.29 is 23.9 Å². The number of primary amides is 1. The number of alkyl carbamates (subject to hydrolysis) is 1. The van der Waals surface area contributed by atoms with Gasteiger partial charge in [-0.15, -0.1) is 0 Å². The molecular weight excluding hydrogens is 314 g/mol. The Kier molecular flexibility index (Phi) is 4.96. The van der Waals surface area contributed by atoms with E-state index < -0.39 is 35.7 Å². The maximum atomic E-state index is 12.1. The van der Waals surface area contributed by atoms with Crippen LogP contribution in [0.25, 0.3) is 0 Å². The molecule has 4 N–H and O–H groups in total. The standard InChI is InChI=1S/C16H21N3O5/c1-16(2,3)24-15(22)19-10(13(17)20)8-12-14(21)18-9-6-4-5-7-11(9)23-12/h4-7,10,12H,8H2,1-3H3,(H2,17,20)(H,18,21)(H,19,22)/t10-,12-/m0/s1. The zero-order valence-electron chi connectivity index (χ0n) is 13.8. The maximum absolute atomic E-state index is 12.1. The summed E-state index contributed by atoms with van der Waals surface area (Å²) in [7, 11) is 0. The Morgan fingerprint density at radius 1 is 1.38 bits per heavy atom. The van der Waals surface area contributed by atoms with E-state index in [4.69, 9.17) is 15.2 Å². The molecule has 0 saturated heterocycles. The van der Waals surface area contributed by atoms with Gasteiger partial charge in [-0.2, -0.15) is 0 Å². The molecule has 130 valence electrons. The zero-order valence-corrected chi connectivity index (χ0v) is 13.8. The van der Waals surface area contributed by atoms with E-state index in [1.165, 1.54) is 0 Å². The molecule has 0 spiro atoms. The number of carbonyl (C=O) groups excluding carboxylic acids is 3. The lowest BCUT2D eigenvalue weighted by molar-refractivity contribution is -0.125. The number of nitrogens with two attached hydrogens (primary N) is 1. The van der Waals surface area contributed by atoms with Gasteiger partial charge >= 0.3 is 6.09 Å². The molecule has 8 heteroatoms. The van der Waals surface area contributed by atoms with Crippen molar-refractivity contribution in [3.05, 3.63) is 24.3 Å². The summed E-state index contributed by atoms with van der Waals surface area (Å²) in [5, 5.41) is 5.05. The maximum Gasteiger partial charge on any atom is 0.408 e. The fourth-order valence-electron chi connectivity index (χ4n) is 2.16. The summed E-state index contributed by atoms with van der Waals surface area (Å²) in [6.07, 6.45) is -1.84. The summed E-state index contributed by atoms with van der Waals surface area (Å²) in [4.78, 5) is 35.5. The van der Waals surface area contributed by atoms with E-state index in [1.54, 1.807) is 45.0 Å². The van der Waals surface area contributed by atoms with Gasteiger partial charge in [0, 0.05) is 6.42 Å². The van der Waals surface area contributed by atoms with Crippen LogP contribution in [-0.4, -0.2) is 35.7 Å². The molecule has 2 rings (SSSR count). The highest BCUT2D eigenvalue weighted by Crippen LogP contribution is 2.29. The van der Waals surface area contributed by atoms with Crippen LogP contribution in [0.4, 0.5) is 10.5 Å². The van der Waals surface area contributed by atoms with Gasteiger partial charge in [-0.3, -0.25) is 9.59 Å². The van der Waals surface area contributed by atoms with Gasteiger partial charge < -0.3 is 25.8 Å². The van der Waals surface area contributed by atoms with E-state index in [2.05, 4.69) is 10.6 Å². The van der Waals surface area contributed by atoms with Crippen LogP contribution >= 0.6 is 0 Å². The molecule has 1 aliphatic rings. The van der Waals surface area contributed by atoms with Crippen LogP contribution in [-0.2, 0) is 14.3 Å². The Morgan fingerprint density at radius 2 is 2.04 bits per heavy atom. The lowest BCUT2D eigenvalue weighted by atomic mass is 10.1. The van der Waals surface area contributed by atoms with Crippen LogP contribution in [0.15, 0.2) is 24.3 Å². The summed E-state index contributed by atoms with van der Waals surface area (Å²) in [6, 6.07) is 5.83. The number of anilines is 1. The predicted molar refractivity (Wildman–Crippen MR) is 86.5 cm³/mol. The van der Waals surface area contributed by atoms with Crippen molar-refractivity contribution in [2.24, 2.45) is 5.73 Å². The fourth-order valence-corrected chi connectivity index (χ4v) is 2.16. The van der Waals surface area contributed by atoms with Gasteiger partial charge in [-0.1, -0.05) is 12.1 Å².